The Balaban J connectivity index is 2.17. The average Bonchev–Trinajstić information content (AvgIpc) is 2.84. The number of benzene rings is 2. The molecule has 198 valence electrons. The summed E-state index contributed by atoms with van der Waals surface area (Å²) in [5, 5.41) is 5.29. The molecule has 2 aromatic rings. The van der Waals surface area contributed by atoms with E-state index in [1.165, 1.54) is 6.34 Å². The van der Waals surface area contributed by atoms with Crippen molar-refractivity contribution < 1.29 is 28.7 Å². The molecule has 0 saturated carbocycles. The minimum absolute atomic E-state index is 0.186. The molecule has 5 N–H and O–H groups in total. The van der Waals surface area contributed by atoms with Crippen molar-refractivity contribution in [1.29, 1.82) is 0 Å². The molecule has 0 saturated heterocycles. The summed E-state index contributed by atoms with van der Waals surface area (Å²) in [4.78, 5) is 53.8. The van der Waals surface area contributed by atoms with E-state index in [1.807, 2.05) is 0 Å². The van der Waals surface area contributed by atoms with Gasteiger partial charge in [-0.25, -0.2) is 10.8 Å². The molecule has 0 heterocycles. The van der Waals surface area contributed by atoms with Crippen LogP contribution in [0.15, 0.2) is 53.5 Å². The van der Waals surface area contributed by atoms with Crippen LogP contribution in [-0.4, -0.2) is 48.8 Å². The quantitative estimate of drug-likeness (QED) is 0.118. The van der Waals surface area contributed by atoms with Crippen LogP contribution in [0.4, 0.5) is 11.4 Å². The lowest BCUT2D eigenvalue weighted by Crippen LogP contribution is -2.36. The number of aliphatic imine (C=N–C) groups is 1. The van der Waals surface area contributed by atoms with E-state index < -0.39 is 29.4 Å². The summed E-state index contributed by atoms with van der Waals surface area (Å²) < 4.78 is 10.2. The topological polar surface area (TPSA) is 161 Å². The molecule has 0 aromatic heterocycles. The summed E-state index contributed by atoms with van der Waals surface area (Å²) in [6.07, 6.45) is 1.06. The zero-order valence-corrected chi connectivity index (χ0v) is 21.4. The molecule has 1 unspecified atom stereocenters. The first kappa shape index (κ1) is 29.0. The van der Waals surface area contributed by atoms with Crippen molar-refractivity contribution >= 4 is 41.5 Å². The molecular formula is C26H33N5O6. The second-order valence-electron chi connectivity index (χ2n) is 8.92. The predicted octanol–water partition coefficient (Wildman–Crippen LogP) is 2.56. The summed E-state index contributed by atoms with van der Waals surface area (Å²) in [6, 6.07) is 13.1. The molecule has 37 heavy (non-hydrogen) atoms. The van der Waals surface area contributed by atoms with E-state index in [0.29, 0.717) is 22.5 Å². The van der Waals surface area contributed by atoms with Gasteiger partial charge in [0.15, 0.2) is 0 Å². The minimum Gasteiger partial charge on any atom is -0.465 e. The second kappa shape index (κ2) is 13.7. The summed E-state index contributed by atoms with van der Waals surface area (Å²) in [5.74, 6) is 2.23. The van der Waals surface area contributed by atoms with Gasteiger partial charge >= 0.3 is 11.9 Å². The van der Waals surface area contributed by atoms with Gasteiger partial charge in [0.1, 0.15) is 18.5 Å². The van der Waals surface area contributed by atoms with Crippen LogP contribution in [0.25, 0.3) is 0 Å². The third-order valence-electron chi connectivity index (χ3n) is 4.79. The Morgan fingerprint density at radius 1 is 1.05 bits per heavy atom. The fourth-order valence-corrected chi connectivity index (χ4v) is 3.25. The van der Waals surface area contributed by atoms with Gasteiger partial charge in [0, 0.05) is 11.3 Å². The van der Waals surface area contributed by atoms with Gasteiger partial charge in [0.25, 0.3) is 5.91 Å². The molecule has 2 rings (SSSR count). The second-order valence-corrected chi connectivity index (χ2v) is 8.92. The Kier molecular flexibility index (Phi) is 10.8. The maximum Gasteiger partial charge on any atom is 0.325 e. The summed E-state index contributed by atoms with van der Waals surface area (Å²) in [6.45, 7) is 6.72. The van der Waals surface area contributed by atoms with Gasteiger partial charge in [-0.05, 0) is 63.6 Å². The van der Waals surface area contributed by atoms with E-state index >= 15 is 0 Å². The number of carbonyl (C=O) groups excluding carboxylic acids is 4. The SMILES string of the molecule is CCOC(=O)CNC(=O)C(CC(=O)OC(C)(C)C)c1ccc(NC(=O)c2cccc(N=CNN)c2)cc1. The number of nitrogens with zero attached hydrogens (tertiary/aromatic N) is 1. The first-order valence-corrected chi connectivity index (χ1v) is 11.7. The largest absolute Gasteiger partial charge is 0.465 e. The van der Waals surface area contributed by atoms with E-state index in [9.17, 15) is 19.2 Å². The number of carbonyl (C=O) groups is 4. The van der Waals surface area contributed by atoms with Crippen LogP contribution in [0.3, 0.4) is 0 Å². The summed E-state index contributed by atoms with van der Waals surface area (Å²) >= 11 is 0. The Hall–Kier alpha value is -4.25. The molecule has 0 bridgehead atoms. The molecule has 0 aliphatic heterocycles. The average molecular weight is 512 g/mol. The van der Waals surface area contributed by atoms with E-state index in [2.05, 4.69) is 21.1 Å². The van der Waals surface area contributed by atoms with Gasteiger partial charge < -0.3 is 25.5 Å². The highest BCUT2D eigenvalue weighted by molar-refractivity contribution is 6.04. The number of hydrogen-bond acceptors (Lipinski definition) is 8. The van der Waals surface area contributed by atoms with Crippen LogP contribution in [0.2, 0.25) is 0 Å². The van der Waals surface area contributed by atoms with Crippen molar-refractivity contribution in [1.82, 2.24) is 10.7 Å². The smallest absolute Gasteiger partial charge is 0.325 e. The standard InChI is InChI=1S/C26H33N5O6/c1-5-36-23(33)15-28-25(35)21(14-22(32)37-26(2,3)4)17-9-11-19(12-10-17)31-24(34)18-7-6-8-20(13-18)29-16-30-27/h6-13,16,21H,5,14-15,27H2,1-4H3,(H,28,35)(H,29,30)(H,31,34). The minimum atomic E-state index is -0.917. The van der Waals surface area contributed by atoms with Crippen molar-refractivity contribution in [3.05, 3.63) is 59.7 Å². The fraction of sp³-hybridized carbons (Fsp3) is 0.346. The van der Waals surface area contributed by atoms with Crippen LogP contribution in [0.5, 0.6) is 0 Å². The number of nitrogens with one attached hydrogen (secondary N) is 3. The number of hydrogen-bond donors (Lipinski definition) is 4. The molecule has 0 spiro atoms. The molecule has 1 atom stereocenters. The highest BCUT2D eigenvalue weighted by atomic mass is 16.6. The third kappa shape index (κ3) is 10.1. The van der Waals surface area contributed by atoms with Gasteiger partial charge in [-0.2, -0.15) is 0 Å². The Labute approximate surface area is 215 Å². The highest BCUT2D eigenvalue weighted by Crippen LogP contribution is 2.24. The number of anilines is 1. The lowest BCUT2D eigenvalue weighted by molar-refractivity contribution is -0.156. The zero-order valence-electron chi connectivity index (χ0n) is 21.4. The van der Waals surface area contributed by atoms with Crippen molar-refractivity contribution in [2.45, 2.75) is 45.6 Å². The lowest BCUT2D eigenvalue weighted by atomic mass is 9.94. The maximum absolute atomic E-state index is 12.9. The van der Waals surface area contributed by atoms with E-state index in [1.54, 1.807) is 76.2 Å². The number of esters is 2. The van der Waals surface area contributed by atoms with E-state index in [4.69, 9.17) is 15.3 Å². The fourth-order valence-electron chi connectivity index (χ4n) is 3.25. The number of ether oxygens (including phenoxy) is 2. The molecule has 0 fully saturated rings. The number of rotatable bonds is 11. The Morgan fingerprint density at radius 2 is 1.76 bits per heavy atom. The molecule has 2 aromatic carbocycles. The zero-order chi connectivity index (χ0) is 27.4. The van der Waals surface area contributed by atoms with Gasteiger partial charge in [0.05, 0.1) is 24.6 Å². The van der Waals surface area contributed by atoms with Crippen LogP contribution < -0.4 is 21.9 Å². The summed E-state index contributed by atoms with van der Waals surface area (Å²) in [5.41, 5.74) is 3.49. The van der Waals surface area contributed by atoms with E-state index in [-0.39, 0.29) is 25.5 Å². The first-order chi connectivity index (χ1) is 17.5. The number of amides is 2. The van der Waals surface area contributed by atoms with Gasteiger partial charge in [-0.3, -0.25) is 19.2 Å². The van der Waals surface area contributed by atoms with Crippen LogP contribution in [-0.2, 0) is 23.9 Å². The van der Waals surface area contributed by atoms with Crippen LogP contribution in [0, 0.1) is 0 Å². The van der Waals surface area contributed by atoms with Crippen LogP contribution >= 0.6 is 0 Å². The van der Waals surface area contributed by atoms with Crippen LogP contribution in [0.1, 0.15) is 56.0 Å². The maximum atomic E-state index is 12.9. The van der Waals surface area contributed by atoms with Crippen molar-refractivity contribution in [2.24, 2.45) is 10.8 Å². The van der Waals surface area contributed by atoms with Crippen molar-refractivity contribution in [3.63, 3.8) is 0 Å². The Morgan fingerprint density at radius 3 is 2.38 bits per heavy atom. The predicted molar refractivity (Wildman–Crippen MR) is 139 cm³/mol. The number of nitrogens with two attached hydrogens (primary N) is 1. The molecule has 0 aliphatic carbocycles. The Bertz CT molecular complexity index is 1130. The monoisotopic (exact) mass is 511 g/mol. The van der Waals surface area contributed by atoms with Crippen molar-refractivity contribution in [2.75, 3.05) is 18.5 Å². The molecule has 0 radical (unpaired) electrons. The third-order valence-corrected chi connectivity index (χ3v) is 4.79. The normalized spacial score (nSPS) is 11.9. The molecule has 2 amide bonds. The van der Waals surface area contributed by atoms with Gasteiger partial charge in [-0.15, -0.1) is 0 Å². The molecular weight excluding hydrogens is 478 g/mol. The molecule has 11 heteroatoms. The summed E-state index contributed by atoms with van der Waals surface area (Å²) in [7, 11) is 0. The lowest BCUT2D eigenvalue weighted by Gasteiger charge is -2.22. The first-order valence-electron chi connectivity index (χ1n) is 11.7. The van der Waals surface area contributed by atoms with E-state index in [0.717, 1.165) is 0 Å². The highest BCUT2D eigenvalue weighted by Gasteiger charge is 2.27. The van der Waals surface area contributed by atoms with Crippen molar-refractivity contribution in [3.8, 4) is 0 Å². The van der Waals surface area contributed by atoms with Gasteiger partial charge in [-0.1, -0.05) is 18.2 Å². The molecule has 11 nitrogen and oxygen atoms in total. The number of hydrazine groups is 1. The molecule has 0 aliphatic rings. The van der Waals surface area contributed by atoms with Gasteiger partial charge in [0.2, 0.25) is 5.91 Å².